The first-order valence-corrected chi connectivity index (χ1v) is 7.13. The molecule has 1 amide bonds. The van der Waals surface area contributed by atoms with E-state index in [-0.39, 0.29) is 18.5 Å². The Morgan fingerprint density at radius 1 is 1.53 bits per heavy atom. The van der Waals surface area contributed by atoms with Crippen LogP contribution < -0.4 is 5.73 Å². The second kappa shape index (κ2) is 5.56. The molecule has 1 saturated heterocycles. The molecule has 1 heterocycles. The number of hydrogen-bond acceptors (Lipinski definition) is 3. The van der Waals surface area contributed by atoms with Crippen molar-refractivity contribution in [3.05, 3.63) is 29.8 Å². The highest BCUT2D eigenvalue weighted by atomic mass is 32.2. The Morgan fingerprint density at radius 3 is 3.00 bits per heavy atom. The van der Waals surface area contributed by atoms with E-state index >= 15 is 0 Å². The van der Waals surface area contributed by atoms with Crippen molar-refractivity contribution >= 4 is 17.7 Å². The molecule has 3 nitrogen and oxygen atoms in total. The number of nitrogens with two attached hydrogens (primary N) is 1. The lowest BCUT2D eigenvalue weighted by Crippen LogP contribution is -2.35. The summed E-state index contributed by atoms with van der Waals surface area (Å²) in [5, 5.41) is 0. The van der Waals surface area contributed by atoms with Crippen LogP contribution in [0, 0.1) is 0 Å². The molecule has 0 spiro atoms. The van der Waals surface area contributed by atoms with Crippen LogP contribution in [0.25, 0.3) is 0 Å². The fourth-order valence-electron chi connectivity index (χ4n) is 2.45. The monoisotopic (exact) mass is 250 g/mol. The zero-order valence-corrected chi connectivity index (χ0v) is 10.9. The van der Waals surface area contributed by atoms with E-state index < -0.39 is 0 Å². The zero-order chi connectivity index (χ0) is 12.3. The molecule has 92 valence electrons. The fraction of sp³-hybridized carbons (Fsp3) is 0.462. The van der Waals surface area contributed by atoms with Crippen LogP contribution >= 0.6 is 11.8 Å². The Labute approximate surface area is 106 Å². The maximum Gasteiger partial charge on any atom is 0.236 e. The number of likely N-dealkylation sites (tertiary alicyclic amines) is 1. The van der Waals surface area contributed by atoms with Gasteiger partial charge in [0.2, 0.25) is 5.91 Å². The third-order valence-electron chi connectivity index (χ3n) is 3.25. The first-order valence-electron chi connectivity index (χ1n) is 5.90. The van der Waals surface area contributed by atoms with E-state index in [0.717, 1.165) is 19.4 Å². The first-order chi connectivity index (χ1) is 8.27. The SMILES string of the molecule is CSc1ccccc1[C@H]1CCCN1C(=O)CN. The van der Waals surface area contributed by atoms with Crippen molar-refractivity contribution in [3.63, 3.8) is 0 Å². The topological polar surface area (TPSA) is 46.3 Å². The van der Waals surface area contributed by atoms with Gasteiger partial charge in [0.15, 0.2) is 0 Å². The van der Waals surface area contributed by atoms with Gasteiger partial charge in [0.05, 0.1) is 12.6 Å². The van der Waals surface area contributed by atoms with E-state index in [9.17, 15) is 4.79 Å². The molecule has 17 heavy (non-hydrogen) atoms. The lowest BCUT2D eigenvalue weighted by atomic mass is 10.0. The largest absolute Gasteiger partial charge is 0.335 e. The average Bonchev–Trinajstić information content (AvgIpc) is 2.86. The summed E-state index contributed by atoms with van der Waals surface area (Å²) in [7, 11) is 0. The van der Waals surface area contributed by atoms with Gasteiger partial charge in [-0.15, -0.1) is 11.8 Å². The molecular weight excluding hydrogens is 232 g/mol. The fourth-order valence-corrected chi connectivity index (χ4v) is 3.10. The number of thioether (sulfide) groups is 1. The number of benzene rings is 1. The van der Waals surface area contributed by atoms with Crippen LogP contribution in [0.5, 0.6) is 0 Å². The maximum atomic E-state index is 11.8. The van der Waals surface area contributed by atoms with Crippen molar-refractivity contribution in [1.29, 1.82) is 0 Å². The molecule has 0 saturated carbocycles. The van der Waals surface area contributed by atoms with E-state index in [2.05, 4.69) is 18.4 Å². The Hall–Kier alpha value is -1.00. The zero-order valence-electron chi connectivity index (χ0n) is 10.1. The molecule has 0 radical (unpaired) electrons. The van der Waals surface area contributed by atoms with Crippen LogP contribution in [0.3, 0.4) is 0 Å². The minimum atomic E-state index is 0.0587. The molecule has 0 bridgehead atoms. The molecule has 4 heteroatoms. The smallest absolute Gasteiger partial charge is 0.236 e. The van der Waals surface area contributed by atoms with Crippen LogP contribution in [0.4, 0.5) is 0 Å². The summed E-state index contributed by atoms with van der Waals surface area (Å²) in [4.78, 5) is 15.0. The minimum absolute atomic E-state index is 0.0587. The van der Waals surface area contributed by atoms with Gasteiger partial charge in [-0.2, -0.15) is 0 Å². The van der Waals surface area contributed by atoms with Crippen LogP contribution in [0.2, 0.25) is 0 Å². The number of amides is 1. The van der Waals surface area contributed by atoms with E-state index in [1.165, 1.54) is 10.5 Å². The predicted molar refractivity (Wildman–Crippen MR) is 71.0 cm³/mol. The van der Waals surface area contributed by atoms with Gasteiger partial charge in [-0.25, -0.2) is 0 Å². The molecule has 1 atom stereocenters. The van der Waals surface area contributed by atoms with E-state index in [1.807, 2.05) is 17.0 Å². The van der Waals surface area contributed by atoms with Gasteiger partial charge in [-0.1, -0.05) is 18.2 Å². The molecule has 1 aliphatic rings. The molecule has 0 unspecified atom stereocenters. The lowest BCUT2D eigenvalue weighted by molar-refractivity contribution is -0.130. The number of carbonyl (C=O) groups excluding carboxylic acids is 1. The van der Waals surface area contributed by atoms with Gasteiger partial charge in [0.25, 0.3) is 0 Å². The van der Waals surface area contributed by atoms with Gasteiger partial charge in [-0.3, -0.25) is 4.79 Å². The van der Waals surface area contributed by atoms with Gasteiger partial charge in [0, 0.05) is 11.4 Å². The Kier molecular flexibility index (Phi) is 4.07. The first kappa shape index (κ1) is 12.5. The molecule has 1 aliphatic heterocycles. The van der Waals surface area contributed by atoms with Gasteiger partial charge in [0.1, 0.15) is 0 Å². The Bertz CT molecular complexity index is 408. The van der Waals surface area contributed by atoms with E-state index in [4.69, 9.17) is 5.73 Å². The van der Waals surface area contributed by atoms with Crippen molar-refractivity contribution in [1.82, 2.24) is 4.90 Å². The number of nitrogens with zero attached hydrogens (tertiary/aromatic N) is 1. The highest BCUT2D eigenvalue weighted by molar-refractivity contribution is 7.98. The lowest BCUT2D eigenvalue weighted by Gasteiger charge is -2.26. The highest BCUT2D eigenvalue weighted by Crippen LogP contribution is 2.36. The third-order valence-corrected chi connectivity index (χ3v) is 4.06. The van der Waals surface area contributed by atoms with Crippen LogP contribution in [0.15, 0.2) is 29.2 Å². The maximum absolute atomic E-state index is 11.8. The van der Waals surface area contributed by atoms with Crippen molar-refractivity contribution in [2.45, 2.75) is 23.8 Å². The van der Waals surface area contributed by atoms with Gasteiger partial charge >= 0.3 is 0 Å². The second-order valence-electron chi connectivity index (χ2n) is 4.19. The molecule has 2 rings (SSSR count). The van der Waals surface area contributed by atoms with Crippen molar-refractivity contribution in [3.8, 4) is 0 Å². The molecule has 1 aromatic carbocycles. The summed E-state index contributed by atoms with van der Waals surface area (Å²) in [5.41, 5.74) is 6.73. The summed E-state index contributed by atoms with van der Waals surface area (Å²) < 4.78 is 0. The third kappa shape index (κ3) is 2.48. The molecule has 0 aromatic heterocycles. The van der Waals surface area contributed by atoms with Crippen LogP contribution in [-0.4, -0.2) is 30.2 Å². The Balaban J connectivity index is 2.29. The Morgan fingerprint density at radius 2 is 2.29 bits per heavy atom. The number of hydrogen-bond donors (Lipinski definition) is 1. The molecule has 0 aliphatic carbocycles. The summed E-state index contributed by atoms with van der Waals surface area (Å²) in [6.45, 7) is 0.946. The summed E-state index contributed by atoms with van der Waals surface area (Å²) in [6.07, 6.45) is 4.19. The highest BCUT2D eigenvalue weighted by Gasteiger charge is 2.30. The summed E-state index contributed by atoms with van der Waals surface area (Å²) in [5.74, 6) is 0.0587. The second-order valence-corrected chi connectivity index (χ2v) is 5.04. The number of rotatable bonds is 3. The average molecular weight is 250 g/mol. The van der Waals surface area contributed by atoms with Crippen molar-refractivity contribution in [2.24, 2.45) is 5.73 Å². The van der Waals surface area contributed by atoms with Crippen molar-refractivity contribution in [2.75, 3.05) is 19.3 Å². The standard InChI is InChI=1S/C13H18N2OS/c1-17-12-7-3-2-5-10(12)11-6-4-8-15(11)13(16)9-14/h2-3,5,7,11H,4,6,8-9,14H2,1H3/t11-/m1/s1. The normalized spacial score (nSPS) is 19.6. The summed E-state index contributed by atoms with van der Waals surface area (Å²) >= 11 is 1.73. The predicted octanol–water partition coefficient (Wildman–Crippen LogP) is 2.03. The van der Waals surface area contributed by atoms with Gasteiger partial charge < -0.3 is 10.6 Å². The molecule has 2 N–H and O–H groups in total. The number of carbonyl (C=O) groups is 1. The van der Waals surface area contributed by atoms with Crippen molar-refractivity contribution < 1.29 is 4.79 Å². The summed E-state index contributed by atoms with van der Waals surface area (Å²) in [6, 6.07) is 8.54. The van der Waals surface area contributed by atoms with Gasteiger partial charge in [-0.05, 0) is 30.7 Å². The molecule has 1 aromatic rings. The van der Waals surface area contributed by atoms with Crippen LogP contribution in [0.1, 0.15) is 24.4 Å². The minimum Gasteiger partial charge on any atom is -0.335 e. The molecule has 1 fully saturated rings. The quantitative estimate of drug-likeness (QED) is 0.835. The van der Waals surface area contributed by atoms with E-state index in [1.54, 1.807) is 11.8 Å². The molecular formula is C13H18N2OS. The van der Waals surface area contributed by atoms with Crippen LogP contribution in [-0.2, 0) is 4.79 Å². The van der Waals surface area contributed by atoms with E-state index in [0.29, 0.717) is 0 Å².